The molecular weight excluding hydrogens is 374 g/mol. The van der Waals surface area contributed by atoms with Gasteiger partial charge in [-0.2, -0.15) is 0 Å². The summed E-state index contributed by atoms with van der Waals surface area (Å²) in [6.07, 6.45) is 3.96. The molecular formula is C13H14BrN3O2S2. The summed E-state index contributed by atoms with van der Waals surface area (Å²) < 4.78 is 27.9. The fourth-order valence-electron chi connectivity index (χ4n) is 1.82. The van der Waals surface area contributed by atoms with Crippen LogP contribution < -0.4 is 10.0 Å². The van der Waals surface area contributed by atoms with Crippen LogP contribution in [-0.4, -0.2) is 19.4 Å². The van der Waals surface area contributed by atoms with Crippen molar-refractivity contribution in [3.8, 4) is 0 Å². The second-order valence-corrected chi connectivity index (χ2v) is 8.93. The fourth-order valence-corrected chi connectivity index (χ4v) is 5.46. The van der Waals surface area contributed by atoms with Gasteiger partial charge in [-0.05, 0) is 47.0 Å². The summed E-state index contributed by atoms with van der Waals surface area (Å²) in [5.74, 6) is 0.313. The molecule has 1 aliphatic rings. The van der Waals surface area contributed by atoms with Gasteiger partial charge in [0.25, 0.3) is 10.0 Å². The zero-order chi connectivity index (χ0) is 14.9. The number of hydrogen-bond acceptors (Lipinski definition) is 5. The standard InChI is InChI=1S/C13H14BrN3O2S2/c14-13-11(7-10(20-13)8-16-9-4-5-9)21(18,19)17-12-3-1-2-6-15-12/h1-3,6-7,9,16H,4-5,8H2,(H,15,17). The van der Waals surface area contributed by atoms with Gasteiger partial charge in [-0.25, -0.2) is 13.4 Å². The molecule has 0 atom stereocenters. The summed E-state index contributed by atoms with van der Waals surface area (Å²) in [4.78, 5) is 5.23. The van der Waals surface area contributed by atoms with E-state index in [1.807, 2.05) is 0 Å². The molecule has 0 aromatic carbocycles. The molecule has 0 saturated heterocycles. The lowest BCUT2D eigenvalue weighted by molar-refractivity contribution is 0.601. The Bertz CT molecular complexity index is 727. The SMILES string of the molecule is O=S(=O)(Nc1ccccn1)c1cc(CNC2CC2)sc1Br. The number of anilines is 1. The molecule has 2 aromatic heterocycles. The summed E-state index contributed by atoms with van der Waals surface area (Å²) in [6, 6.07) is 7.39. The van der Waals surface area contributed by atoms with Crippen molar-refractivity contribution < 1.29 is 8.42 Å². The van der Waals surface area contributed by atoms with Crippen molar-refractivity contribution in [2.45, 2.75) is 30.3 Å². The Morgan fingerprint density at radius 3 is 2.86 bits per heavy atom. The van der Waals surface area contributed by atoms with Crippen LogP contribution >= 0.6 is 27.3 Å². The molecule has 0 amide bonds. The maximum Gasteiger partial charge on any atom is 0.265 e. The molecule has 0 bridgehead atoms. The average Bonchev–Trinajstić information content (AvgIpc) is 3.19. The quantitative estimate of drug-likeness (QED) is 0.798. The molecule has 0 aliphatic heterocycles. The van der Waals surface area contributed by atoms with Crippen molar-refractivity contribution in [2.24, 2.45) is 0 Å². The Kier molecular flexibility index (Phi) is 4.30. The lowest BCUT2D eigenvalue weighted by Crippen LogP contribution is -2.15. The third kappa shape index (κ3) is 3.82. The molecule has 2 heterocycles. The van der Waals surface area contributed by atoms with E-state index in [9.17, 15) is 8.42 Å². The number of thiophene rings is 1. The maximum atomic E-state index is 12.4. The van der Waals surface area contributed by atoms with E-state index in [4.69, 9.17) is 0 Å². The molecule has 0 unspecified atom stereocenters. The molecule has 0 radical (unpaired) electrons. The Balaban J connectivity index is 1.77. The molecule has 2 aromatic rings. The molecule has 112 valence electrons. The van der Waals surface area contributed by atoms with E-state index < -0.39 is 10.0 Å². The van der Waals surface area contributed by atoms with E-state index >= 15 is 0 Å². The predicted molar refractivity (Wildman–Crippen MR) is 86.9 cm³/mol. The largest absolute Gasteiger partial charge is 0.309 e. The number of halogens is 1. The van der Waals surface area contributed by atoms with Gasteiger partial charge in [-0.15, -0.1) is 11.3 Å². The van der Waals surface area contributed by atoms with Crippen LogP contribution in [0, 0.1) is 0 Å². The van der Waals surface area contributed by atoms with Crippen LogP contribution in [0.15, 0.2) is 39.1 Å². The first kappa shape index (κ1) is 15.0. The first-order valence-corrected chi connectivity index (χ1v) is 9.59. The van der Waals surface area contributed by atoms with Crippen LogP contribution in [0.2, 0.25) is 0 Å². The van der Waals surface area contributed by atoms with E-state index in [1.165, 1.54) is 24.2 Å². The van der Waals surface area contributed by atoms with Gasteiger partial charge in [0.05, 0.1) is 3.79 Å². The lowest BCUT2D eigenvalue weighted by Gasteiger charge is -2.05. The third-order valence-corrected chi connectivity index (χ3v) is 6.65. The van der Waals surface area contributed by atoms with Crippen LogP contribution in [0.5, 0.6) is 0 Å². The summed E-state index contributed by atoms with van der Waals surface area (Å²) in [7, 11) is -3.62. The van der Waals surface area contributed by atoms with E-state index in [-0.39, 0.29) is 4.90 Å². The normalized spacial score (nSPS) is 15.1. The zero-order valence-corrected chi connectivity index (χ0v) is 14.3. The summed E-state index contributed by atoms with van der Waals surface area (Å²) >= 11 is 4.78. The maximum absolute atomic E-state index is 12.4. The highest BCUT2D eigenvalue weighted by atomic mass is 79.9. The number of hydrogen-bond donors (Lipinski definition) is 2. The van der Waals surface area contributed by atoms with E-state index in [2.05, 4.69) is 31.0 Å². The van der Waals surface area contributed by atoms with Crippen LogP contribution in [0.4, 0.5) is 5.82 Å². The van der Waals surface area contributed by atoms with Gasteiger partial charge in [0.1, 0.15) is 10.7 Å². The Labute approximate surface area is 136 Å². The number of aromatic nitrogens is 1. The van der Waals surface area contributed by atoms with Gasteiger partial charge in [-0.1, -0.05) is 6.07 Å². The second kappa shape index (κ2) is 6.04. The van der Waals surface area contributed by atoms with E-state index in [0.29, 0.717) is 22.2 Å². The average molecular weight is 388 g/mol. The van der Waals surface area contributed by atoms with Crippen molar-refractivity contribution in [3.05, 3.63) is 39.1 Å². The van der Waals surface area contributed by atoms with Gasteiger partial charge in [-0.3, -0.25) is 4.72 Å². The van der Waals surface area contributed by atoms with Crippen molar-refractivity contribution >= 4 is 43.1 Å². The van der Waals surface area contributed by atoms with Gasteiger partial charge in [0.2, 0.25) is 0 Å². The second-order valence-electron chi connectivity index (χ2n) is 4.83. The van der Waals surface area contributed by atoms with Gasteiger partial charge < -0.3 is 5.32 Å². The fraction of sp³-hybridized carbons (Fsp3) is 0.308. The van der Waals surface area contributed by atoms with Crippen molar-refractivity contribution in [2.75, 3.05) is 4.72 Å². The highest BCUT2D eigenvalue weighted by molar-refractivity contribution is 9.11. The molecule has 1 aliphatic carbocycles. The van der Waals surface area contributed by atoms with Crippen LogP contribution in [0.3, 0.4) is 0 Å². The zero-order valence-electron chi connectivity index (χ0n) is 11.0. The van der Waals surface area contributed by atoms with Crippen molar-refractivity contribution in [1.29, 1.82) is 0 Å². The molecule has 1 saturated carbocycles. The first-order valence-electron chi connectivity index (χ1n) is 6.50. The number of nitrogens with zero attached hydrogens (tertiary/aromatic N) is 1. The lowest BCUT2D eigenvalue weighted by atomic mass is 10.4. The Hall–Kier alpha value is -0.960. The van der Waals surface area contributed by atoms with Crippen molar-refractivity contribution in [3.63, 3.8) is 0 Å². The Morgan fingerprint density at radius 1 is 1.38 bits per heavy atom. The minimum absolute atomic E-state index is 0.255. The van der Waals surface area contributed by atoms with Crippen LogP contribution in [-0.2, 0) is 16.6 Å². The van der Waals surface area contributed by atoms with E-state index in [1.54, 1.807) is 30.5 Å². The minimum Gasteiger partial charge on any atom is -0.309 e. The van der Waals surface area contributed by atoms with Gasteiger partial charge in [0.15, 0.2) is 0 Å². The monoisotopic (exact) mass is 387 g/mol. The highest BCUT2D eigenvalue weighted by Gasteiger charge is 2.23. The third-order valence-electron chi connectivity index (χ3n) is 3.04. The molecule has 3 rings (SSSR count). The molecule has 2 N–H and O–H groups in total. The molecule has 5 nitrogen and oxygen atoms in total. The van der Waals surface area contributed by atoms with Gasteiger partial charge >= 0.3 is 0 Å². The topological polar surface area (TPSA) is 71.1 Å². The Morgan fingerprint density at radius 2 is 2.19 bits per heavy atom. The van der Waals surface area contributed by atoms with Crippen molar-refractivity contribution in [1.82, 2.24) is 10.3 Å². The number of nitrogens with one attached hydrogen (secondary N) is 2. The van der Waals surface area contributed by atoms with Crippen LogP contribution in [0.25, 0.3) is 0 Å². The minimum atomic E-state index is -3.62. The van der Waals surface area contributed by atoms with Gasteiger partial charge in [0, 0.05) is 23.7 Å². The predicted octanol–water partition coefficient (Wildman–Crippen LogP) is 2.96. The molecule has 0 spiro atoms. The first-order chi connectivity index (χ1) is 10.0. The summed E-state index contributed by atoms with van der Waals surface area (Å²) in [5.41, 5.74) is 0. The number of sulfonamides is 1. The smallest absolute Gasteiger partial charge is 0.265 e. The van der Waals surface area contributed by atoms with Crippen LogP contribution in [0.1, 0.15) is 17.7 Å². The molecule has 1 fully saturated rings. The summed E-state index contributed by atoms with van der Waals surface area (Å²) in [6.45, 7) is 0.701. The van der Waals surface area contributed by atoms with E-state index in [0.717, 1.165) is 4.88 Å². The highest BCUT2D eigenvalue weighted by Crippen LogP contribution is 2.33. The molecule has 21 heavy (non-hydrogen) atoms. The molecule has 8 heteroatoms. The summed E-state index contributed by atoms with van der Waals surface area (Å²) in [5, 5.41) is 3.38. The number of rotatable bonds is 6. The number of pyridine rings is 1.